The van der Waals surface area contributed by atoms with Crippen LogP contribution in [-0.2, 0) is 17.8 Å². The Morgan fingerprint density at radius 1 is 1.14 bits per heavy atom. The van der Waals surface area contributed by atoms with Gasteiger partial charge in [-0.05, 0) is 37.3 Å². The molecule has 0 spiro atoms. The second-order valence-corrected chi connectivity index (χ2v) is 5.38. The van der Waals surface area contributed by atoms with E-state index in [9.17, 15) is 9.00 Å². The van der Waals surface area contributed by atoms with Crippen LogP contribution in [0.3, 0.4) is 0 Å². The van der Waals surface area contributed by atoms with Crippen molar-refractivity contribution < 1.29 is 8.76 Å². The number of anilines is 1. The van der Waals surface area contributed by atoms with Crippen LogP contribution in [0.5, 0.6) is 0 Å². The van der Waals surface area contributed by atoms with Crippen molar-refractivity contribution in [1.82, 2.24) is 4.57 Å². The number of para-hydroxylation sites is 1. The summed E-state index contributed by atoms with van der Waals surface area (Å²) < 4.78 is 24.2. The van der Waals surface area contributed by atoms with Crippen molar-refractivity contribution in [2.75, 3.05) is 4.72 Å². The highest BCUT2D eigenvalue weighted by molar-refractivity contribution is 7.80. The molecule has 5 nitrogen and oxygen atoms in total. The third kappa shape index (κ3) is 2.32. The first-order valence-electron chi connectivity index (χ1n) is 6.54. The highest BCUT2D eigenvalue weighted by Gasteiger charge is 2.10. The number of hydrogen-bond donors (Lipinski definition) is 2. The van der Waals surface area contributed by atoms with E-state index in [0.717, 1.165) is 17.6 Å². The summed E-state index contributed by atoms with van der Waals surface area (Å²) >= 11 is -2.16. The summed E-state index contributed by atoms with van der Waals surface area (Å²) in [6.45, 7) is 2.75. The zero-order valence-electron chi connectivity index (χ0n) is 11.4. The average molecular weight is 302 g/mol. The number of pyridine rings is 1. The second-order valence-electron chi connectivity index (χ2n) is 4.67. The van der Waals surface area contributed by atoms with E-state index in [4.69, 9.17) is 4.55 Å². The minimum Gasteiger partial charge on any atom is -0.341 e. The number of rotatable bonds is 3. The van der Waals surface area contributed by atoms with E-state index in [0.29, 0.717) is 16.5 Å². The molecule has 1 heterocycles. The first-order valence-corrected chi connectivity index (χ1v) is 7.65. The third-order valence-corrected chi connectivity index (χ3v) is 3.90. The SMILES string of the molecule is CCn1c2ccccc2c(=O)c2cc(NS(=O)O)ccc21. The van der Waals surface area contributed by atoms with E-state index in [1.54, 1.807) is 24.3 Å². The van der Waals surface area contributed by atoms with E-state index < -0.39 is 11.3 Å². The molecular formula is C15H14N2O3S. The minimum atomic E-state index is -2.16. The molecule has 21 heavy (non-hydrogen) atoms. The van der Waals surface area contributed by atoms with Gasteiger partial charge in [0.1, 0.15) is 0 Å². The van der Waals surface area contributed by atoms with E-state index in [-0.39, 0.29) is 5.43 Å². The zero-order valence-corrected chi connectivity index (χ0v) is 12.2. The maximum absolute atomic E-state index is 12.6. The molecule has 2 aromatic carbocycles. The Kier molecular flexibility index (Phi) is 3.48. The Bertz CT molecular complexity index is 918. The topological polar surface area (TPSA) is 71.3 Å². The quantitative estimate of drug-likeness (QED) is 0.577. The lowest BCUT2D eigenvalue weighted by Crippen LogP contribution is -2.11. The molecule has 0 fully saturated rings. The molecular weight excluding hydrogens is 288 g/mol. The number of aryl methyl sites for hydroxylation is 1. The van der Waals surface area contributed by atoms with Gasteiger partial charge < -0.3 is 4.57 Å². The Morgan fingerprint density at radius 2 is 1.86 bits per heavy atom. The highest BCUT2D eigenvalue weighted by atomic mass is 32.2. The average Bonchev–Trinajstić information content (AvgIpc) is 2.48. The molecule has 0 amide bonds. The number of fused-ring (bicyclic) bond motifs is 2. The fourth-order valence-corrected chi connectivity index (χ4v) is 2.96. The van der Waals surface area contributed by atoms with Gasteiger partial charge in [0.2, 0.25) is 0 Å². The molecule has 1 atom stereocenters. The Morgan fingerprint density at radius 3 is 2.57 bits per heavy atom. The van der Waals surface area contributed by atoms with Crippen molar-refractivity contribution in [3.8, 4) is 0 Å². The van der Waals surface area contributed by atoms with E-state index >= 15 is 0 Å². The van der Waals surface area contributed by atoms with E-state index in [2.05, 4.69) is 9.29 Å². The molecule has 2 N–H and O–H groups in total. The van der Waals surface area contributed by atoms with Crippen LogP contribution in [0.4, 0.5) is 5.69 Å². The van der Waals surface area contributed by atoms with Gasteiger partial charge in [0.05, 0.1) is 11.0 Å². The number of nitrogens with one attached hydrogen (secondary N) is 1. The number of benzene rings is 2. The first kappa shape index (κ1) is 13.8. The van der Waals surface area contributed by atoms with Crippen LogP contribution in [0.1, 0.15) is 6.92 Å². The molecule has 108 valence electrons. The first-order chi connectivity index (χ1) is 10.1. The highest BCUT2D eigenvalue weighted by Crippen LogP contribution is 2.22. The van der Waals surface area contributed by atoms with Crippen LogP contribution in [0.25, 0.3) is 21.8 Å². The van der Waals surface area contributed by atoms with Crippen molar-refractivity contribution in [3.05, 3.63) is 52.7 Å². The zero-order chi connectivity index (χ0) is 15.0. The molecule has 3 aromatic rings. The summed E-state index contributed by atoms with van der Waals surface area (Å²) in [5.41, 5.74) is 2.08. The van der Waals surface area contributed by atoms with Crippen molar-refractivity contribution in [1.29, 1.82) is 0 Å². The smallest absolute Gasteiger partial charge is 0.259 e. The normalized spacial score (nSPS) is 12.7. The van der Waals surface area contributed by atoms with Crippen LogP contribution in [-0.4, -0.2) is 13.3 Å². The molecule has 0 saturated carbocycles. The van der Waals surface area contributed by atoms with Crippen LogP contribution in [0, 0.1) is 0 Å². The van der Waals surface area contributed by atoms with Crippen LogP contribution in [0.15, 0.2) is 47.3 Å². The van der Waals surface area contributed by atoms with Crippen LogP contribution in [0.2, 0.25) is 0 Å². The molecule has 6 heteroatoms. The molecule has 0 radical (unpaired) electrons. The summed E-state index contributed by atoms with van der Waals surface area (Å²) in [6.07, 6.45) is 0. The standard InChI is InChI=1S/C15H14N2O3S/c1-2-17-13-6-4-3-5-11(13)15(18)12-9-10(16-21(19)20)7-8-14(12)17/h3-9,16H,2H2,1H3,(H,19,20). The van der Waals surface area contributed by atoms with E-state index in [1.165, 1.54) is 0 Å². The lowest BCUT2D eigenvalue weighted by Gasteiger charge is -2.14. The van der Waals surface area contributed by atoms with Crippen molar-refractivity contribution in [2.24, 2.45) is 0 Å². The Hall–Kier alpha value is -2.18. The summed E-state index contributed by atoms with van der Waals surface area (Å²) in [4.78, 5) is 12.6. The predicted molar refractivity (Wildman–Crippen MR) is 85.8 cm³/mol. The van der Waals surface area contributed by atoms with Gasteiger partial charge in [0, 0.05) is 23.0 Å². The summed E-state index contributed by atoms with van der Waals surface area (Å²) in [7, 11) is 0. The molecule has 0 bridgehead atoms. The molecule has 0 aliphatic heterocycles. The summed E-state index contributed by atoms with van der Waals surface area (Å²) in [5.74, 6) is 0. The maximum Gasteiger partial charge on any atom is 0.259 e. The van der Waals surface area contributed by atoms with E-state index in [1.807, 2.05) is 25.1 Å². The van der Waals surface area contributed by atoms with Gasteiger partial charge in [0.25, 0.3) is 11.3 Å². The van der Waals surface area contributed by atoms with Crippen LogP contribution >= 0.6 is 0 Å². The van der Waals surface area contributed by atoms with Gasteiger partial charge in [0.15, 0.2) is 5.43 Å². The summed E-state index contributed by atoms with van der Waals surface area (Å²) in [6, 6.07) is 12.6. The van der Waals surface area contributed by atoms with Gasteiger partial charge in [-0.15, -0.1) is 0 Å². The van der Waals surface area contributed by atoms with Crippen molar-refractivity contribution in [2.45, 2.75) is 13.5 Å². The number of aromatic nitrogens is 1. The molecule has 0 saturated heterocycles. The molecule has 1 unspecified atom stereocenters. The lowest BCUT2D eigenvalue weighted by molar-refractivity contribution is 0.570. The fourth-order valence-electron chi connectivity index (χ4n) is 2.63. The second kappa shape index (κ2) is 5.31. The lowest BCUT2D eigenvalue weighted by atomic mass is 10.1. The molecule has 1 aromatic heterocycles. The summed E-state index contributed by atoms with van der Waals surface area (Å²) in [5, 5.41) is 1.18. The van der Waals surface area contributed by atoms with Crippen LogP contribution < -0.4 is 10.2 Å². The molecule has 0 aliphatic rings. The molecule has 0 aliphatic carbocycles. The maximum atomic E-state index is 12.6. The monoisotopic (exact) mass is 302 g/mol. The van der Waals surface area contributed by atoms with Gasteiger partial charge in [-0.2, -0.15) is 0 Å². The van der Waals surface area contributed by atoms with Crippen molar-refractivity contribution >= 4 is 38.8 Å². The van der Waals surface area contributed by atoms with Gasteiger partial charge in [-0.25, -0.2) is 4.21 Å². The predicted octanol–water partition coefficient (Wildman–Crippen LogP) is 2.72. The van der Waals surface area contributed by atoms with Gasteiger partial charge in [-0.1, -0.05) is 12.1 Å². The Labute approximate surface area is 123 Å². The van der Waals surface area contributed by atoms with Crippen molar-refractivity contribution in [3.63, 3.8) is 0 Å². The van der Waals surface area contributed by atoms with Gasteiger partial charge in [-0.3, -0.25) is 14.1 Å². The van der Waals surface area contributed by atoms with Gasteiger partial charge >= 0.3 is 0 Å². The molecule has 3 rings (SSSR count). The Balaban J connectivity index is 2.42. The third-order valence-electron chi connectivity index (χ3n) is 3.49. The number of nitrogens with zero attached hydrogens (tertiary/aromatic N) is 1. The largest absolute Gasteiger partial charge is 0.341 e. The fraction of sp³-hybridized carbons (Fsp3) is 0.133. The number of hydrogen-bond acceptors (Lipinski definition) is 2. The minimum absolute atomic E-state index is 0.0716.